The van der Waals surface area contributed by atoms with Crippen molar-refractivity contribution in [1.82, 2.24) is 5.32 Å². The second kappa shape index (κ2) is 8.22. The number of rotatable bonds is 5. The van der Waals surface area contributed by atoms with Crippen molar-refractivity contribution < 1.29 is 18.9 Å². The van der Waals surface area contributed by atoms with Gasteiger partial charge in [0.25, 0.3) is 0 Å². The van der Waals surface area contributed by atoms with Crippen LogP contribution in [-0.4, -0.2) is 65.9 Å². The van der Waals surface area contributed by atoms with Crippen LogP contribution in [-0.2, 0) is 18.9 Å². The summed E-state index contributed by atoms with van der Waals surface area (Å²) in [6, 6.07) is 0.149. The molecule has 4 atom stereocenters. The molecule has 1 fully saturated rings. The molecule has 0 radical (unpaired) electrons. The minimum absolute atomic E-state index is 0. The normalized spacial score (nSPS) is 34.5. The lowest BCUT2D eigenvalue weighted by Crippen LogP contribution is -2.62. The zero-order valence-corrected chi connectivity index (χ0v) is 11.1. The summed E-state index contributed by atoms with van der Waals surface area (Å²) in [4.78, 5) is 0. The van der Waals surface area contributed by atoms with Crippen molar-refractivity contribution in [2.24, 2.45) is 0 Å². The predicted molar refractivity (Wildman–Crippen MR) is 63.3 cm³/mol. The average molecular weight is 256 g/mol. The first-order valence-electron chi connectivity index (χ1n) is 5.09. The summed E-state index contributed by atoms with van der Waals surface area (Å²) in [5.41, 5.74) is 0. The monoisotopic (exact) mass is 255 g/mol. The molecule has 98 valence electrons. The Bertz CT molecular complexity index is 184. The van der Waals surface area contributed by atoms with Crippen LogP contribution in [0.15, 0.2) is 0 Å². The Kier molecular flexibility index (Phi) is 8.27. The van der Waals surface area contributed by atoms with Crippen molar-refractivity contribution in [3.8, 4) is 0 Å². The van der Waals surface area contributed by atoms with E-state index in [1.54, 1.807) is 28.4 Å². The number of hydrogen-bond donors (Lipinski definition) is 1. The predicted octanol–water partition coefficient (Wildman–Crippen LogP) is 0.0714. The van der Waals surface area contributed by atoms with Gasteiger partial charge in [-0.05, 0) is 0 Å². The van der Waals surface area contributed by atoms with E-state index in [0.29, 0.717) is 6.61 Å². The van der Waals surface area contributed by atoms with Gasteiger partial charge < -0.3 is 24.3 Å². The van der Waals surface area contributed by atoms with Gasteiger partial charge in [-0.2, -0.15) is 0 Å². The third-order valence-electron chi connectivity index (χ3n) is 2.86. The molecule has 5 nitrogen and oxygen atoms in total. The SMILES string of the molecule is COCC1NC[C@@H](OC)[C@@H](OC)[C@@H]1OC.Cl. The van der Waals surface area contributed by atoms with Crippen LogP contribution >= 0.6 is 12.4 Å². The Morgan fingerprint density at radius 3 is 2.06 bits per heavy atom. The lowest BCUT2D eigenvalue weighted by molar-refractivity contribution is -0.141. The van der Waals surface area contributed by atoms with Crippen LogP contribution in [0.25, 0.3) is 0 Å². The average Bonchev–Trinajstić information content (AvgIpc) is 2.28. The largest absolute Gasteiger partial charge is 0.383 e. The molecule has 16 heavy (non-hydrogen) atoms. The fourth-order valence-electron chi connectivity index (χ4n) is 2.08. The fourth-order valence-corrected chi connectivity index (χ4v) is 2.08. The minimum atomic E-state index is -0.0543. The van der Waals surface area contributed by atoms with E-state index in [0.717, 1.165) is 6.54 Å². The Balaban J connectivity index is 0.00000225. The molecule has 1 rings (SSSR count). The Morgan fingerprint density at radius 2 is 1.62 bits per heavy atom. The lowest BCUT2D eigenvalue weighted by atomic mass is 9.96. The highest BCUT2D eigenvalue weighted by Gasteiger charge is 2.39. The van der Waals surface area contributed by atoms with Crippen molar-refractivity contribution >= 4 is 12.4 Å². The van der Waals surface area contributed by atoms with Crippen LogP contribution < -0.4 is 5.32 Å². The van der Waals surface area contributed by atoms with Gasteiger partial charge in [0.15, 0.2) is 0 Å². The molecule has 0 aromatic heterocycles. The quantitative estimate of drug-likeness (QED) is 0.754. The molecule has 1 aliphatic heterocycles. The molecule has 0 amide bonds. The van der Waals surface area contributed by atoms with E-state index in [1.165, 1.54) is 0 Å². The third kappa shape index (κ3) is 3.55. The second-order valence-electron chi connectivity index (χ2n) is 3.64. The maximum atomic E-state index is 5.44. The van der Waals surface area contributed by atoms with Gasteiger partial charge >= 0.3 is 0 Å². The first-order valence-corrected chi connectivity index (χ1v) is 5.09. The smallest absolute Gasteiger partial charge is 0.112 e. The van der Waals surface area contributed by atoms with E-state index in [1.807, 2.05) is 0 Å². The summed E-state index contributed by atoms with van der Waals surface area (Å²) in [6.07, 6.45) is -0.0805. The topological polar surface area (TPSA) is 49.0 Å². The summed E-state index contributed by atoms with van der Waals surface area (Å²) >= 11 is 0. The zero-order chi connectivity index (χ0) is 11.3. The zero-order valence-electron chi connectivity index (χ0n) is 10.3. The lowest BCUT2D eigenvalue weighted by Gasteiger charge is -2.41. The molecule has 6 heteroatoms. The molecular formula is C10H22ClNO4. The highest BCUT2D eigenvalue weighted by Crippen LogP contribution is 2.18. The first kappa shape index (κ1) is 16.1. The van der Waals surface area contributed by atoms with Crippen LogP contribution in [0.2, 0.25) is 0 Å². The van der Waals surface area contributed by atoms with Gasteiger partial charge in [-0.3, -0.25) is 0 Å². The first-order chi connectivity index (χ1) is 7.28. The number of halogens is 1. The summed E-state index contributed by atoms with van der Waals surface area (Å²) in [5.74, 6) is 0. The van der Waals surface area contributed by atoms with Crippen LogP contribution in [0.5, 0.6) is 0 Å². The number of methoxy groups -OCH3 is 4. The molecular weight excluding hydrogens is 234 g/mol. The molecule has 0 bridgehead atoms. The van der Waals surface area contributed by atoms with Gasteiger partial charge in [0.1, 0.15) is 12.2 Å². The number of piperidine rings is 1. The Morgan fingerprint density at radius 1 is 1.00 bits per heavy atom. The van der Waals surface area contributed by atoms with Crippen LogP contribution in [0.4, 0.5) is 0 Å². The molecule has 1 saturated heterocycles. The van der Waals surface area contributed by atoms with Crippen LogP contribution in [0.1, 0.15) is 0 Å². The maximum absolute atomic E-state index is 5.44. The number of nitrogens with one attached hydrogen (secondary N) is 1. The third-order valence-corrected chi connectivity index (χ3v) is 2.86. The molecule has 0 spiro atoms. The summed E-state index contributed by atoms with van der Waals surface area (Å²) in [5, 5.41) is 3.33. The van der Waals surface area contributed by atoms with Crippen LogP contribution in [0, 0.1) is 0 Å². The second-order valence-corrected chi connectivity index (χ2v) is 3.64. The van der Waals surface area contributed by atoms with Crippen molar-refractivity contribution in [1.29, 1.82) is 0 Å². The van der Waals surface area contributed by atoms with Gasteiger partial charge in [0, 0.05) is 35.0 Å². The highest BCUT2D eigenvalue weighted by molar-refractivity contribution is 5.85. The van der Waals surface area contributed by atoms with E-state index in [-0.39, 0.29) is 36.8 Å². The van der Waals surface area contributed by atoms with Gasteiger partial charge in [0.2, 0.25) is 0 Å². The van der Waals surface area contributed by atoms with E-state index in [4.69, 9.17) is 18.9 Å². The summed E-state index contributed by atoms with van der Waals surface area (Å²) in [6.45, 7) is 1.36. The molecule has 0 aromatic carbocycles. The molecule has 0 aromatic rings. The van der Waals surface area contributed by atoms with E-state index in [9.17, 15) is 0 Å². The Hall–Kier alpha value is 0.0900. The Labute approximate surface area is 103 Å². The van der Waals surface area contributed by atoms with Crippen LogP contribution in [0.3, 0.4) is 0 Å². The maximum Gasteiger partial charge on any atom is 0.112 e. The van der Waals surface area contributed by atoms with Gasteiger partial charge in [0.05, 0.1) is 18.8 Å². The molecule has 1 N–H and O–H groups in total. The van der Waals surface area contributed by atoms with Crippen molar-refractivity contribution in [3.05, 3.63) is 0 Å². The summed E-state index contributed by atoms with van der Waals surface area (Å²) < 4.78 is 21.4. The van der Waals surface area contributed by atoms with Gasteiger partial charge in [-0.25, -0.2) is 0 Å². The van der Waals surface area contributed by atoms with Crippen molar-refractivity contribution in [2.75, 3.05) is 41.6 Å². The van der Waals surface area contributed by atoms with Gasteiger partial charge in [-0.15, -0.1) is 12.4 Å². The van der Waals surface area contributed by atoms with Crippen molar-refractivity contribution in [2.45, 2.75) is 24.4 Å². The molecule has 0 saturated carbocycles. The molecule has 1 unspecified atom stereocenters. The molecule has 1 aliphatic rings. The fraction of sp³-hybridized carbons (Fsp3) is 1.00. The van der Waals surface area contributed by atoms with Crippen molar-refractivity contribution in [3.63, 3.8) is 0 Å². The van der Waals surface area contributed by atoms with E-state index in [2.05, 4.69) is 5.32 Å². The van der Waals surface area contributed by atoms with Gasteiger partial charge in [-0.1, -0.05) is 0 Å². The number of hydrogen-bond acceptors (Lipinski definition) is 5. The van der Waals surface area contributed by atoms with E-state index < -0.39 is 0 Å². The standard InChI is InChI=1S/C10H21NO4.ClH/c1-12-6-7-9(14-3)10(15-4)8(13-2)5-11-7;/h7-11H,5-6H2,1-4H3;1H/t7?,8-,9-,10-;/m1./s1. The highest BCUT2D eigenvalue weighted by atomic mass is 35.5. The molecule has 1 heterocycles. The van der Waals surface area contributed by atoms with E-state index >= 15 is 0 Å². The number of ether oxygens (including phenoxy) is 4. The minimum Gasteiger partial charge on any atom is -0.383 e. The molecule has 0 aliphatic carbocycles. The summed E-state index contributed by atoms with van der Waals surface area (Å²) in [7, 11) is 6.72.